The molecule has 1 aromatic heterocycles. The molecule has 4 nitrogen and oxygen atoms in total. The van der Waals surface area contributed by atoms with Gasteiger partial charge in [-0.1, -0.05) is 44.2 Å². The minimum atomic E-state index is -0.895. The molecule has 0 bridgehead atoms. The zero-order valence-electron chi connectivity index (χ0n) is 15.4. The van der Waals surface area contributed by atoms with E-state index in [-0.39, 0.29) is 17.6 Å². The molecule has 2 amide bonds. The average Bonchev–Trinajstić information content (AvgIpc) is 2.98. The van der Waals surface area contributed by atoms with Crippen LogP contribution in [-0.4, -0.2) is 23.9 Å². The number of hydrogen-bond donors (Lipinski definition) is 2. The molecule has 0 aliphatic heterocycles. The molecule has 0 atom stereocenters. The molecule has 2 aromatic rings. The Morgan fingerprint density at radius 2 is 2.00 bits per heavy atom. The SMILES string of the molecule is CCCCNC(=O)C1(NC(=O)c2sc3cc(F)ccc3c2Cl)CCCCC1. The minimum absolute atomic E-state index is 0.118. The van der Waals surface area contributed by atoms with Crippen molar-refractivity contribution < 1.29 is 14.0 Å². The van der Waals surface area contributed by atoms with Gasteiger partial charge in [0, 0.05) is 16.6 Å². The molecule has 1 aromatic carbocycles. The molecule has 1 fully saturated rings. The molecule has 0 radical (unpaired) electrons. The van der Waals surface area contributed by atoms with Gasteiger partial charge in [0.05, 0.1) is 5.02 Å². The van der Waals surface area contributed by atoms with Gasteiger partial charge in [-0.2, -0.15) is 0 Å². The summed E-state index contributed by atoms with van der Waals surface area (Å²) in [6.07, 6.45) is 5.99. The lowest BCUT2D eigenvalue weighted by Crippen LogP contribution is -2.59. The van der Waals surface area contributed by atoms with Crippen LogP contribution in [0.2, 0.25) is 5.02 Å². The standard InChI is InChI=1S/C20H24ClFN2O2S/c1-2-3-11-23-19(26)20(9-5-4-6-10-20)24-18(25)17-16(21)14-8-7-13(22)12-15(14)27-17/h7-8,12H,2-6,9-11H2,1H3,(H,23,26)(H,24,25). The molecule has 27 heavy (non-hydrogen) atoms. The van der Waals surface area contributed by atoms with Crippen molar-refractivity contribution >= 4 is 44.8 Å². The van der Waals surface area contributed by atoms with Crippen molar-refractivity contribution in [1.29, 1.82) is 0 Å². The molecule has 0 saturated heterocycles. The molecule has 1 heterocycles. The maximum absolute atomic E-state index is 13.5. The van der Waals surface area contributed by atoms with E-state index in [1.807, 2.05) is 0 Å². The van der Waals surface area contributed by atoms with Crippen LogP contribution in [0.5, 0.6) is 0 Å². The Balaban J connectivity index is 1.84. The largest absolute Gasteiger partial charge is 0.354 e. The summed E-state index contributed by atoms with van der Waals surface area (Å²) in [4.78, 5) is 26.2. The van der Waals surface area contributed by atoms with Gasteiger partial charge in [0.15, 0.2) is 0 Å². The van der Waals surface area contributed by atoms with Gasteiger partial charge in [0.1, 0.15) is 16.2 Å². The quantitative estimate of drug-likeness (QED) is 0.655. The fraction of sp³-hybridized carbons (Fsp3) is 0.500. The summed E-state index contributed by atoms with van der Waals surface area (Å²) in [7, 11) is 0. The number of nitrogens with one attached hydrogen (secondary N) is 2. The lowest BCUT2D eigenvalue weighted by molar-refractivity contribution is -0.128. The fourth-order valence-corrected chi connectivity index (χ4v) is 5.01. The summed E-state index contributed by atoms with van der Waals surface area (Å²) in [6, 6.07) is 4.27. The van der Waals surface area contributed by atoms with Gasteiger partial charge in [-0.15, -0.1) is 11.3 Å². The van der Waals surface area contributed by atoms with E-state index in [0.29, 0.717) is 39.4 Å². The first-order valence-electron chi connectivity index (χ1n) is 9.45. The molecule has 1 aliphatic rings. The third kappa shape index (κ3) is 4.27. The number of carbonyl (C=O) groups is 2. The Morgan fingerprint density at radius 1 is 1.26 bits per heavy atom. The Labute approximate surface area is 167 Å². The topological polar surface area (TPSA) is 58.2 Å². The van der Waals surface area contributed by atoms with E-state index in [0.717, 1.165) is 43.4 Å². The number of amides is 2. The van der Waals surface area contributed by atoms with Crippen molar-refractivity contribution in [3.8, 4) is 0 Å². The number of halogens is 2. The third-order valence-electron chi connectivity index (χ3n) is 5.11. The highest BCUT2D eigenvalue weighted by molar-refractivity contribution is 7.21. The second-order valence-electron chi connectivity index (χ2n) is 7.09. The zero-order valence-corrected chi connectivity index (χ0v) is 16.9. The Morgan fingerprint density at radius 3 is 2.70 bits per heavy atom. The molecule has 1 aliphatic carbocycles. The van der Waals surface area contributed by atoms with Crippen LogP contribution in [0.1, 0.15) is 61.5 Å². The predicted octanol–water partition coefficient (Wildman–Crippen LogP) is 5.04. The van der Waals surface area contributed by atoms with Crippen LogP contribution in [0.25, 0.3) is 10.1 Å². The van der Waals surface area contributed by atoms with Gasteiger partial charge >= 0.3 is 0 Å². The van der Waals surface area contributed by atoms with Gasteiger partial charge in [0.2, 0.25) is 5.91 Å². The third-order valence-corrected chi connectivity index (χ3v) is 6.76. The van der Waals surface area contributed by atoms with E-state index >= 15 is 0 Å². The van der Waals surface area contributed by atoms with Crippen LogP contribution < -0.4 is 10.6 Å². The first-order valence-corrected chi connectivity index (χ1v) is 10.6. The molecular weight excluding hydrogens is 387 g/mol. The maximum Gasteiger partial charge on any atom is 0.263 e. The number of fused-ring (bicyclic) bond motifs is 1. The second kappa shape index (κ2) is 8.57. The van der Waals surface area contributed by atoms with Gasteiger partial charge in [0.25, 0.3) is 5.91 Å². The Bertz CT molecular complexity index is 846. The molecule has 2 N–H and O–H groups in total. The molecule has 7 heteroatoms. The van der Waals surface area contributed by atoms with Gasteiger partial charge in [-0.05, 0) is 37.5 Å². The molecule has 3 rings (SSSR count). The second-order valence-corrected chi connectivity index (χ2v) is 8.52. The smallest absolute Gasteiger partial charge is 0.263 e. The molecule has 146 valence electrons. The molecule has 1 saturated carbocycles. The lowest BCUT2D eigenvalue weighted by Gasteiger charge is -2.36. The van der Waals surface area contributed by atoms with Crippen molar-refractivity contribution in [2.45, 2.75) is 57.4 Å². The van der Waals surface area contributed by atoms with Crippen LogP contribution in [-0.2, 0) is 4.79 Å². The van der Waals surface area contributed by atoms with Gasteiger partial charge in [-0.3, -0.25) is 9.59 Å². The Kier molecular flexibility index (Phi) is 6.37. The van der Waals surface area contributed by atoms with Crippen molar-refractivity contribution in [2.75, 3.05) is 6.54 Å². The van der Waals surface area contributed by atoms with Crippen LogP contribution in [0.15, 0.2) is 18.2 Å². The van der Waals surface area contributed by atoms with E-state index in [9.17, 15) is 14.0 Å². The molecule has 0 spiro atoms. The number of rotatable bonds is 6. The number of thiophene rings is 1. The summed E-state index contributed by atoms with van der Waals surface area (Å²) in [6.45, 7) is 2.67. The van der Waals surface area contributed by atoms with Crippen LogP contribution >= 0.6 is 22.9 Å². The predicted molar refractivity (Wildman–Crippen MR) is 108 cm³/mol. The zero-order chi connectivity index (χ0) is 19.4. The highest BCUT2D eigenvalue weighted by atomic mass is 35.5. The average molecular weight is 411 g/mol. The van der Waals surface area contributed by atoms with E-state index in [4.69, 9.17) is 11.6 Å². The monoisotopic (exact) mass is 410 g/mol. The van der Waals surface area contributed by atoms with E-state index in [1.165, 1.54) is 12.1 Å². The lowest BCUT2D eigenvalue weighted by atomic mass is 9.80. The number of hydrogen-bond acceptors (Lipinski definition) is 3. The van der Waals surface area contributed by atoms with E-state index in [1.54, 1.807) is 6.07 Å². The van der Waals surface area contributed by atoms with Crippen LogP contribution in [0.4, 0.5) is 4.39 Å². The Hall–Kier alpha value is -1.66. The molecular formula is C20H24ClFN2O2S. The van der Waals surface area contributed by atoms with Gasteiger partial charge < -0.3 is 10.6 Å². The number of benzene rings is 1. The van der Waals surface area contributed by atoms with Gasteiger partial charge in [-0.25, -0.2) is 4.39 Å². The number of unbranched alkanes of at least 4 members (excludes halogenated alkanes) is 1. The summed E-state index contributed by atoms with van der Waals surface area (Å²) in [5.41, 5.74) is -0.895. The fourth-order valence-electron chi connectivity index (χ4n) is 3.57. The number of carbonyl (C=O) groups excluding carboxylic acids is 2. The van der Waals surface area contributed by atoms with Crippen molar-refractivity contribution in [3.63, 3.8) is 0 Å². The summed E-state index contributed by atoms with van der Waals surface area (Å²) < 4.78 is 14.1. The van der Waals surface area contributed by atoms with Crippen LogP contribution in [0.3, 0.4) is 0 Å². The van der Waals surface area contributed by atoms with Crippen molar-refractivity contribution in [3.05, 3.63) is 33.9 Å². The normalized spacial score (nSPS) is 16.3. The van der Waals surface area contributed by atoms with Crippen LogP contribution in [0, 0.1) is 5.82 Å². The summed E-state index contributed by atoms with van der Waals surface area (Å²) in [5.74, 6) is -0.854. The van der Waals surface area contributed by atoms with E-state index < -0.39 is 5.54 Å². The van der Waals surface area contributed by atoms with Crippen molar-refractivity contribution in [1.82, 2.24) is 10.6 Å². The highest BCUT2D eigenvalue weighted by Gasteiger charge is 2.41. The first-order chi connectivity index (χ1) is 13.0. The summed E-state index contributed by atoms with van der Waals surface area (Å²) in [5, 5.41) is 6.90. The maximum atomic E-state index is 13.5. The first kappa shape index (κ1) is 20.1. The summed E-state index contributed by atoms with van der Waals surface area (Å²) >= 11 is 7.53. The minimum Gasteiger partial charge on any atom is -0.354 e. The van der Waals surface area contributed by atoms with E-state index in [2.05, 4.69) is 17.6 Å². The molecule has 0 unspecified atom stereocenters. The highest BCUT2D eigenvalue weighted by Crippen LogP contribution is 2.37. The van der Waals surface area contributed by atoms with Crippen molar-refractivity contribution in [2.24, 2.45) is 0 Å².